The molecule has 0 spiro atoms. The number of rotatable bonds is 48. The molecule has 3 N–H and O–H groups in total. The first-order chi connectivity index (χ1) is 29.4. The fraction of sp³-hybridized carbons (Fsp3) is 0.824. The Balaban J connectivity index is 3.98. The molecule has 0 aliphatic heterocycles. The maximum Gasteiger partial charge on any atom is 0.472 e. The summed E-state index contributed by atoms with van der Waals surface area (Å²) >= 11 is 0. The van der Waals surface area contributed by atoms with Crippen LogP contribution in [-0.4, -0.2) is 49.9 Å². The van der Waals surface area contributed by atoms with Gasteiger partial charge in [0.15, 0.2) is 0 Å². The Morgan fingerprint density at radius 1 is 0.500 bits per heavy atom. The summed E-state index contributed by atoms with van der Waals surface area (Å²) < 4.78 is 33.6. The maximum atomic E-state index is 12.6. The average Bonchev–Trinajstić information content (AvgIpc) is 3.24. The van der Waals surface area contributed by atoms with Gasteiger partial charge in [-0.2, -0.15) is 0 Å². The van der Waals surface area contributed by atoms with Crippen molar-refractivity contribution < 1.29 is 32.8 Å². The van der Waals surface area contributed by atoms with Gasteiger partial charge in [-0.05, 0) is 77.0 Å². The zero-order valence-electron chi connectivity index (χ0n) is 39.2. The van der Waals surface area contributed by atoms with Crippen molar-refractivity contribution in [3.05, 3.63) is 48.6 Å². The van der Waals surface area contributed by atoms with Crippen LogP contribution >= 0.6 is 7.82 Å². The molecule has 0 radical (unpaired) electrons. The zero-order valence-corrected chi connectivity index (χ0v) is 40.1. The van der Waals surface area contributed by atoms with Crippen LogP contribution in [0, 0.1) is 0 Å². The second-order valence-corrected chi connectivity index (χ2v) is 18.1. The van der Waals surface area contributed by atoms with Gasteiger partial charge in [0, 0.05) is 19.6 Å². The molecule has 0 aromatic carbocycles. The van der Waals surface area contributed by atoms with Crippen molar-refractivity contribution in [1.82, 2.24) is 0 Å². The minimum absolute atomic E-state index is 0.0975. The molecular formula is C51H96NO7P. The fourth-order valence-electron chi connectivity index (χ4n) is 7.00. The molecule has 0 aliphatic rings. The van der Waals surface area contributed by atoms with Gasteiger partial charge in [-0.25, -0.2) is 4.57 Å². The quantitative estimate of drug-likeness (QED) is 0.0269. The van der Waals surface area contributed by atoms with E-state index < -0.39 is 13.9 Å². The Morgan fingerprint density at radius 3 is 1.33 bits per heavy atom. The third-order valence-electron chi connectivity index (χ3n) is 10.7. The highest BCUT2D eigenvalue weighted by Crippen LogP contribution is 2.43. The van der Waals surface area contributed by atoms with Crippen LogP contribution in [0.3, 0.4) is 0 Å². The van der Waals surface area contributed by atoms with Gasteiger partial charge in [0.1, 0.15) is 6.10 Å². The molecule has 0 rings (SSSR count). The number of phosphoric acid groups is 1. The number of allylic oxidation sites excluding steroid dienone is 8. The predicted molar refractivity (Wildman–Crippen MR) is 256 cm³/mol. The number of nitrogens with two attached hydrogens (primary N) is 1. The lowest BCUT2D eigenvalue weighted by molar-refractivity contribution is -0.154. The summed E-state index contributed by atoms with van der Waals surface area (Å²) in [6, 6.07) is 0. The van der Waals surface area contributed by atoms with Crippen molar-refractivity contribution in [2.75, 3.05) is 33.0 Å². The Hall–Kier alpha value is -1.54. The molecule has 352 valence electrons. The second-order valence-electron chi connectivity index (χ2n) is 16.7. The molecule has 0 heterocycles. The monoisotopic (exact) mass is 866 g/mol. The van der Waals surface area contributed by atoms with Crippen molar-refractivity contribution in [2.45, 2.75) is 238 Å². The Morgan fingerprint density at radius 2 is 0.883 bits per heavy atom. The van der Waals surface area contributed by atoms with Crippen LogP contribution in [0.4, 0.5) is 0 Å². The van der Waals surface area contributed by atoms with Crippen LogP contribution in [0.15, 0.2) is 48.6 Å². The highest BCUT2D eigenvalue weighted by Gasteiger charge is 2.25. The van der Waals surface area contributed by atoms with Crippen molar-refractivity contribution in [3.8, 4) is 0 Å². The van der Waals surface area contributed by atoms with Crippen LogP contribution in [0.1, 0.15) is 232 Å². The molecule has 0 aromatic heterocycles. The topological polar surface area (TPSA) is 117 Å². The number of carbonyl (C=O) groups excluding carboxylic acids is 1. The number of carbonyl (C=O) groups is 1. The SMILES string of the molecule is CCCCCCC/C=C\C/C=C\C/C=C\CCCCCCCCCCC(=O)OC(COCCCCCCCCCC/C=C\CCCCCCCC)COP(=O)(O)OCCN. The number of hydrogen-bond donors (Lipinski definition) is 2. The molecule has 8 nitrogen and oxygen atoms in total. The van der Waals surface area contributed by atoms with E-state index in [1.807, 2.05) is 0 Å². The molecular weight excluding hydrogens is 770 g/mol. The predicted octanol–water partition coefficient (Wildman–Crippen LogP) is 15.5. The first-order valence-electron chi connectivity index (χ1n) is 25.1. The van der Waals surface area contributed by atoms with Crippen LogP contribution < -0.4 is 5.73 Å². The molecule has 0 saturated heterocycles. The van der Waals surface area contributed by atoms with Gasteiger partial charge in [0.05, 0.1) is 19.8 Å². The van der Waals surface area contributed by atoms with Gasteiger partial charge < -0.3 is 20.1 Å². The first kappa shape index (κ1) is 58.5. The zero-order chi connectivity index (χ0) is 43.7. The molecule has 2 unspecified atom stereocenters. The van der Waals surface area contributed by atoms with E-state index in [0.29, 0.717) is 13.0 Å². The molecule has 0 saturated carbocycles. The maximum absolute atomic E-state index is 12.6. The summed E-state index contributed by atoms with van der Waals surface area (Å²) in [5, 5.41) is 0. The van der Waals surface area contributed by atoms with E-state index in [1.54, 1.807) is 0 Å². The molecule has 0 bridgehead atoms. The average molecular weight is 866 g/mol. The second kappa shape index (κ2) is 48.5. The van der Waals surface area contributed by atoms with Crippen LogP contribution in [-0.2, 0) is 27.9 Å². The van der Waals surface area contributed by atoms with E-state index in [0.717, 1.165) is 51.4 Å². The molecule has 0 aromatic rings. The molecule has 60 heavy (non-hydrogen) atoms. The normalized spacial score (nSPS) is 13.7. The minimum atomic E-state index is -4.29. The molecule has 0 aliphatic carbocycles. The van der Waals surface area contributed by atoms with Gasteiger partial charge in [0.2, 0.25) is 0 Å². The van der Waals surface area contributed by atoms with Gasteiger partial charge in [-0.3, -0.25) is 13.8 Å². The van der Waals surface area contributed by atoms with Crippen LogP contribution in [0.2, 0.25) is 0 Å². The molecule has 9 heteroatoms. The van der Waals surface area contributed by atoms with Crippen molar-refractivity contribution in [1.29, 1.82) is 0 Å². The number of esters is 1. The number of unbranched alkanes of at least 4 members (excludes halogenated alkanes) is 27. The van der Waals surface area contributed by atoms with Crippen molar-refractivity contribution in [2.24, 2.45) is 5.73 Å². The first-order valence-corrected chi connectivity index (χ1v) is 26.6. The van der Waals surface area contributed by atoms with E-state index in [9.17, 15) is 14.3 Å². The number of ether oxygens (including phenoxy) is 2. The lowest BCUT2D eigenvalue weighted by Gasteiger charge is -2.20. The van der Waals surface area contributed by atoms with Crippen LogP contribution in [0.5, 0.6) is 0 Å². The number of phosphoric ester groups is 1. The van der Waals surface area contributed by atoms with Gasteiger partial charge in [-0.15, -0.1) is 0 Å². The van der Waals surface area contributed by atoms with Crippen LogP contribution in [0.25, 0.3) is 0 Å². The van der Waals surface area contributed by atoms with Gasteiger partial charge in [-0.1, -0.05) is 197 Å². The molecule has 2 atom stereocenters. The summed E-state index contributed by atoms with van der Waals surface area (Å²) in [5.74, 6) is -0.337. The third-order valence-corrected chi connectivity index (χ3v) is 11.7. The van der Waals surface area contributed by atoms with E-state index in [-0.39, 0.29) is 32.3 Å². The van der Waals surface area contributed by atoms with E-state index >= 15 is 0 Å². The Labute approximate surface area is 371 Å². The standard InChI is InChI=1S/C51H96NO7P/c1-3-5-7-9-11-13-15-17-19-21-23-24-25-26-27-28-30-32-34-36-38-40-42-44-51(53)59-50(49-58-60(54,55)57-47-45-52)48-56-46-43-41-39-37-35-33-31-29-22-20-18-16-14-12-10-8-6-4-2/h15,17-18,20-21,23,25-26,50H,3-14,16,19,22,24,27-49,52H2,1-2H3,(H,54,55)/b17-15-,20-18-,23-21-,26-25-. The van der Waals surface area contributed by atoms with Gasteiger partial charge in [0.25, 0.3) is 0 Å². The third kappa shape index (κ3) is 47.5. The summed E-state index contributed by atoms with van der Waals surface area (Å²) in [6.07, 6.45) is 58.5. The minimum Gasteiger partial charge on any atom is -0.457 e. The smallest absolute Gasteiger partial charge is 0.457 e. The van der Waals surface area contributed by atoms with E-state index in [2.05, 4.69) is 62.5 Å². The largest absolute Gasteiger partial charge is 0.472 e. The highest BCUT2D eigenvalue weighted by atomic mass is 31.2. The Kier molecular flexibility index (Phi) is 47.2. The Bertz CT molecular complexity index is 1060. The van der Waals surface area contributed by atoms with Crippen molar-refractivity contribution in [3.63, 3.8) is 0 Å². The molecule has 0 fully saturated rings. The lowest BCUT2D eigenvalue weighted by atomic mass is 10.1. The van der Waals surface area contributed by atoms with Crippen molar-refractivity contribution >= 4 is 13.8 Å². The summed E-state index contributed by atoms with van der Waals surface area (Å²) in [6.45, 7) is 4.91. The summed E-state index contributed by atoms with van der Waals surface area (Å²) in [7, 11) is -4.29. The molecule has 0 amide bonds. The summed E-state index contributed by atoms with van der Waals surface area (Å²) in [5.41, 5.74) is 5.39. The van der Waals surface area contributed by atoms with E-state index in [4.69, 9.17) is 24.3 Å². The summed E-state index contributed by atoms with van der Waals surface area (Å²) in [4.78, 5) is 22.6. The number of hydrogen-bond acceptors (Lipinski definition) is 7. The highest BCUT2D eigenvalue weighted by molar-refractivity contribution is 7.47. The fourth-order valence-corrected chi connectivity index (χ4v) is 7.76. The van der Waals surface area contributed by atoms with Gasteiger partial charge >= 0.3 is 13.8 Å². The lowest BCUT2D eigenvalue weighted by Crippen LogP contribution is -2.28. The van der Waals surface area contributed by atoms with E-state index in [1.165, 1.54) is 161 Å².